The first-order chi connectivity index (χ1) is 21.5. The van der Waals surface area contributed by atoms with E-state index in [2.05, 4.69) is 15.6 Å². The molecule has 0 saturated carbocycles. The fourth-order valence-corrected chi connectivity index (χ4v) is 5.32. The summed E-state index contributed by atoms with van der Waals surface area (Å²) in [7, 11) is 0. The summed E-state index contributed by atoms with van der Waals surface area (Å²) in [6.45, 7) is 1.32. The van der Waals surface area contributed by atoms with Crippen LogP contribution >= 0.6 is 0 Å². The minimum atomic E-state index is -1.58. The van der Waals surface area contributed by atoms with Gasteiger partial charge in [0.1, 0.15) is 30.6 Å². The third-order valence-corrected chi connectivity index (χ3v) is 7.79. The van der Waals surface area contributed by atoms with Crippen LogP contribution < -0.4 is 22.1 Å². The summed E-state index contributed by atoms with van der Waals surface area (Å²) in [6, 6.07) is 17.0. The number of nitrogens with two attached hydrogens (primary N) is 1. The molecule has 45 heavy (non-hydrogen) atoms. The molecule has 2 aromatic carbocycles. The van der Waals surface area contributed by atoms with Crippen LogP contribution in [0.4, 0.5) is 5.82 Å². The number of ether oxygens (including phenoxy) is 1. The van der Waals surface area contributed by atoms with E-state index >= 15 is 0 Å². The Morgan fingerprint density at radius 1 is 0.956 bits per heavy atom. The summed E-state index contributed by atoms with van der Waals surface area (Å²) < 4.78 is 6.46. The van der Waals surface area contributed by atoms with E-state index in [4.69, 9.17) is 10.5 Å². The molecule has 0 bridgehead atoms. The van der Waals surface area contributed by atoms with Crippen LogP contribution in [0.5, 0.6) is 0 Å². The molecule has 0 radical (unpaired) electrons. The van der Waals surface area contributed by atoms with Gasteiger partial charge in [-0.2, -0.15) is 4.98 Å². The number of aliphatic hydroxyl groups is 3. The van der Waals surface area contributed by atoms with Gasteiger partial charge in [0.05, 0.1) is 12.1 Å². The number of anilines is 1. The fourth-order valence-electron chi connectivity index (χ4n) is 5.32. The van der Waals surface area contributed by atoms with Gasteiger partial charge in [0, 0.05) is 18.5 Å². The zero-order valence-electron chi connectivity index (χ0n) is 24.9. The first-order valence-electron chi connectivity index (χ1n) is 14.8. The van der Waals surface area contributed by atoms with Crippen LogP contribution in [-0.4, -0.2) is 79.2 Å². The Labute approximate surface area is 260 Å². The van der Waals surface area contributed by atoms with Crippen molar-refractivity contribution in [3.8, 4) is 0 Å². The molecule has 2 heterocycles. The van der Waals surface area contributed by atoms with Gasteiger partial charge in [-0.25, -0.2) is 4.79 Å². The zero-order valence-corrected chi connectivity index (χ0v) is 24.9. The second kappa shape index (κ2) is 15.5. The molecule has 0 spiro atoms. The van der Waals surface area contributed by atoms with Crippen LogP contribution in [0.25, 0.3) is 0 Å². The lowest BCUT2D eigenvalue weighted by Crippen LogP contribution is -2.64. The summed E-state index contributed by atoms with van der Waals surface area (Å²) >= 11 is 0. The van der Waals surface area contributed by atoms with Crippen molar-refractivity contribution in [1.82, 2.24) is 20.2 Å². The number of rotatable bonds is 13. The van der Waals surface area contributed by atoms with Gasteiger partial charge in [-0.1, -0.05) is 67.6 Å². The zero-order chi connectivity index (χ0) is 32.5. The number of ketones is 1. The Morgan fingerprint density at radius 3 is 2.18 bits per heavy atom. The molecule has 1 aliphatic rings. The topological polar surface area (TPSA) is 206 Å². The molecule has 1 aromatic heterocycles. The first kappa shape index (κ1) is 33.5. The molecule has 7 N–H and O–H groups in total. The summed E-state index contributed by atoms with van der Waals surface area (Å²) in [4.78, 5) is 56.3. The predicted octanol–water partition coefficient (Wildman–Crippen LogP) is -0.295. The van der Waals surface area contributed by atoms with Gasteiger partial charge in [0.25, 0.3) is 0 Å². The Balaban J connectivity index is 1.55. The number of nitrogens with zero attached hydrogens (tertiary/aromatic N) is 2. The van der Waals surface area contributed by atoms with Crippen molar-refractivity contribution in [2.24, 2.45) is 5.92 Å². The number of amides is 2. The maximum atomic E-state index is 13.9. The minimum absolute atomic E-state index is 0.0102. The highest BCUT2D eigenvalue weighted by molar-refractivity contribution is 5.93. The first-order valence-corrected chi connectivity index (χ1v) is 14.8. The lowest BCUT2D eigenvalue weighted by Gasteiger charge is -2.41. The second-order valence-corrected chi connectivity index (χ2v) is 11.1. The lowest BCUT2D eigenvalue weighted by atomic mass is 9.88. The van der Waals surface area contributed by atoms with Crippen molar-refractivity contribution in [2.75, 3.05) is 5.73 Å². The Hall–Kier alpha value is -4.43. The minimum Gasteiger partial charge on any atom is -0.388 e. The van der Waals surface area contributed by atoms with Crippen molar-refractivity contribution < 1.29 is 34.4 Å². The number of aliphatic hydroxyl groups excluding tert-OH is 3. The molecule has 2 amide bonds. The van der Waals surface area contributed by atoms with E-state index < -0.39 is 72.4 Å². The van der Waals surface area contributed by atoms with Crippen LogP contribution in [0.2, 0.25) is 0 Å². The van der Waals surface area contributed by atoms with E-state index in [1.165, 1.54) is 12.3 Å². The SMILES string of the molecule is CC[C@H]1O[C@@H](O)C(NC(=O)[C@@H](CC(=O)[C@H](Cc2ccccc2)NC(=O)Cn2ccc(N)nc2=O)Cc2ccccc2)[C@@H](O)[C@@H]1O. The van der Waals surface area contributed by atoms with Crippen LogP contribution in [0.1, 0.15) is 30.9 Å². The number of carbonyl (C=O) groups is 3. The maximum absolute atomic E-state index is 13.9. The van der Waals surface area contributed by atoms with Crippen molar-refractivity contribution in [2.45, 2.75) is 75.8 Å². The summed E-state index contributed by atoms with van der Waals surface area (Å²) in [5.41, 5.74) is 6.34. The van der Waals surface area contributed by atoms with Gasteiger partial charge >= 0.3 is 5.69 Å². The Bertz CT molecular complexity index is 1500. The summed E-state index contributed by atoms with van der Waals surface area (Å²) in [6.07, 6.45) is -3.63. The molecular weight excluding hydrogens is 582 g/mol. The predicted molar refractivity (Wildman–Crippen MR) is 163 cm³/mol. The highest BCUT2D eigenvalue weighted by Crippen LogP contribution is 2.23. The van der Waals surface area contributed by atoms with Crippen LogP contribution in [-0.2, 0) is 38.5 Å². The highest BCUT2D eigenvalue weighted by atomic mass is 16.6. The van der Waals surface area contributed by atoms with Crippen molar-refractivity contribution in [3.05, 3.63) is 94.5 Å². The monoisotopic (exact) mass is 621 g/mol. The molecular formula is C32H39N5O8. The van der Waals surface area contributed by atoms with Gasteiger partial charge in [-0.3, -0.25) is 19.0 Å². The smallest absolute Gasteiger partial charge is 0.349 e. The van der Waals surface area contributed by atoms with E-state index in [-0.39, 0.29) is 25.1 Å². The Kier molecular flexibility index (Phi) is 11.5. The van der Waals surface area contributed by atoms with E-state index in [0.29, 0.717) is 6.42 Å². The number of hydrogen-bond acceptors (Lipinski definition) is 10. The van der Waals surface area contributed by atoms with Gasteiger partial charge in [-0.05, 0) is 36.5 Å². The summed E-state index contributed by atoms with van der Waals surface area (Å²) in [5.74, 6) is -2.67. The van der Waals surface area contributed by atoms with Gasteiger partial charge < -0.3 is 36.4 Å². The lowest BCUT2D eigenvalue weighted by molar-refractivity contribution is -0.247. The molecule has 1 saturated heterocycles. The average molecular weight is 622 g/mol. The quantitative estimate of drug-likeness (QED) is 0.147. The van der Waals surface area contributed by atoms with E-state index in [1.54, 1.807) is 55.5 Å². The van der Waals surface area contributed by atoms with E-state index in [1.807, 2.05) is 12.1 Å². The third kappa shape index (κ3) is 9.05. The number of carbonyl (C=O) groups excluding carboxylic acids is 3. The van der Waals surface area contributed by atoms with Crippen LogP contribution in [0.15, 0.2) is 77.7 Å². The molecule has 0 aliphatic carbocycles. The van der Waals surface area contributed by atoms with Crippen molar-refractivity contribution >= 4 is 23.4 Å². The van der Waals surface area contributed by atoms with Gasteiger partial charge in [0.2, 0.25) is 11.8 Å². The standard InChI is InChI=1S/C32H39N5O8/c1-2-24-28(40)29(41)27(31(43)45-24)36-30(42)21(15-19-9-5-3-6-10-19)17-23(38)22(16-20-11-7-4-8-12-20)34-26(39)18-37-14-13-25(33)35-32(37)44/h3-14,21-22,24,27-29,31,40-41,43H,2,15-18H2,1H3,(H,34,39)(H,36,42)(H2,33,35,44)/t21-,22+,24-,27?,28-,29-,31-/m1/s1. The van der Waals surface area contributed by atoms with Crippen molar-refractivity contribution in [3.63, 3.8) is 0 Å². The molecule has 1 unspecified atom stereocenters. The Morgan fingerprint density at radius 2 is 1.58 bits per heavy atom. The van der Waals surface area contributed by atoms with Crippen LogP contribution in [0.3, 0.4) is 0 Å². The molecule has 3 aromatic rings. The molecule has 4 rings (SSSR count). The fraction of sp³-hybridized carbons (Fsp3) is 0.406. The number of Topliss-reactive ketones (excluding diaryl/α,β-unsaturated/α-hetero) is 1. The average Bonchev–Trinajstić information content (AvgIpc) is 3.02. The van der Waals surface area contributed by atoms with E-state index in [9.17, 15) is 34.5 Å². The number of aromatic nitrogens is 2. The van der Waals surface area contributed by atoms with E-state index in [0.717, 1.165) is 15.7 Å². The van der Waals surface area contributed by atoms with Gasteiger partial charge in [-0.15, -0.1) is 0 Å². The number of benzene rings is 2. The number of nitrogen functional groups attached to an aromatic ring is 1. The highest BCUT2D eigenvalue weighted by Gasteiger charge is 2.44. The van der Waals surface area contributed by atoms with Gasteiger partial charge in [0.15, 0.2) is 12.1 Å². The molecule has 7 atom stereocenters. The van der Waals surface area contributed by atoms with Crippen LogP contribution in [0, 0.1) is 5.92 Å². The molecule has 1 fully saturated rings. The second-order valence-electron chi connectivity index (χ2n) is 11.1. The maximum Gasteiger partial charge on any atom is 0.349 e. The largest absolute Gasteiger partial charge is 0.388 e. The molecule has 1 aliphatic heterocycles. The number of hydrogen-bond donors (Lipinski definition) is 6. The molecule has 240 valence electrons. The van der Waals surface area contributed by atoms with Crippen molar-refractivity contribution in [1.29, 1.82) is 0 Å². The normalized spacial score (nSPS) is 22.6. The molecule has 13 nitrogen and oxygen atoms in total. The third-order valence-electron chi connectivity index (χ3n) is 7.79. The number of nitrogens with one attached hydrogen (secondary N) is 2. The molecule has 13 heteroatoms. The summed E-state index contributed by atoms with van der Waals surface area (Å²) in [5, 5.41) is 36.9.